The van der Waals surface area contributed by atoms with E-state index >= 15 is 0 Å². The van der Waals surface area contributed by atoms with Crippen LogP contribution in [0.1, 0.15) is 6.42 Å². The second-order valence-corrected chi connectivity index (χ2v) is 5.01. The Labute approximate surface area is 121 Å². The molecule has 0 aliphatic carbocycles. The fourth-order valence-electron chi connectivity index (χ4n) is 2.54. The number of carbonyl (C=O) groups is 3. The molecule has 2 fully saturated rings. The summed E-state index contributed by atoms with van der Waals surface area (Å²) in [4.78, 5) is 37.4. The number of aliphatic carboxylic acids is 1. The van der Waals surface area contributed by atoms with Gasteiger partial charge in [-0.05, 0) is 0 Å². The largest absolute Gasteiger partial charge is 0.480 e. The first-order valence-electron chi connectivity index (χ1n) is 6.60. The van der Waals surface area contributed by atoms with Crippen molar-refractivity contribution in [2.45, 2.75) is 24.7 Å². The van der Waals surface area contributed by atoms with Gasteiger partial charge in [-0.25, -0.2) is 14.4 Å². The third-order valence-electron chi connectivity index (χ3n) is 3.61. The van der Waals surface area contributed by atoms with E-state index in [1.807, 2.05) is 0 Å². The summed E-state index contributed by atoms with van der Waals surface area (Å²) in [6.07, 6.45) is -1.72. The van der Waals surface area contributed by atoms with E-state index < -0.39 is 36.2 Å². The van der Waals surface area contributed by atoms with Crippen LogP contribution in [0.2, 0.25) is 0 Å². The highest BCUT2D eigenvalue weighted by Gasteiger charge is 2.42. The molecule has 2 aliphatic rings. The molecule has 0 aromatic carbocycles. The van der Waals surface area contributed by atoms with E-state index in [9.17, 15) is 19.5 Å². The van der Waals surface area contributed by atoms with Crippen molar-refractivity contribution in [2.24, 2.45) is 0 Å². The molecule has 1 unspecified atom stereocenters. The number of rotatable bonds is 2. The Kier molecular flexibility index (Phi) is 4.63. The Morgan fingerprint density at radius 1 is 1.29 bits per heavy atom. The Hall–Kier alpha value is -1.87. The molecule has 2 heterocycles. The summed E-state index contributed by atoms with van der Waals surface area (Å²) in [7, 11) is 1.23. The van der Waals surface area contributed by atoms with Crippen molar-refractivity contribution in [3.05, 3.63) is 0 Å². The van der Waals surface area contributed by atoms with Crippen molar-refractivity contribution < 1.29 is 34.1 Å². The number of esters is 1. The lowest BCUT2D eigenvalue weighted by atomic mass is 10.2. The molecule has 2 saturated heterocycles. The van der Waals surface area contributed by atoms with Crippen LogP contribution in [0.25, 0.3) is 0 Å². The fourth-order valence-corrected chi connectivity index (χ4v) is 2.54. The minimum atomic E-state index is -1.15. The summed E-state index contributed by atoms with van der Waals surface area (Å²) in [6.45, 7) is 0.394. The van der Waals surface area contributed by atoms with Gasteiger partial charge >= 0.3 is 18.0 Å². The van der Waals surface area contributed by atoms with Crippen LogP contribution in [-0.4, -0.2) is 89.6 Å². The van der Waals surface area contributed by atoms with Crippen molar-refractivity contribution in [1.82, 2.24) is 9.80 Å². The zero-order chi connectivity index (χ0) is 15.6. The molecule has 0 saturated carbocycles. The highest BCUT2D eigenvalue weighted by atomic mass is 16.6. The normalized spacial score (nSPS) is 29.3. The minimum absolute atomic E-state index is 0.00441. The van der Waals surface area contributed by atoms with Crippen molar-refractivity contribution in [2.75, 3.05) is 33.4 Å². The van der Waals surface area contributed by atoms with E-state index in [1.54, 1.807) is 0 Å². The van der Waals surface area contributed by atoms with Gasteiger partial charge in [0.25, 0.3) is 0 Å². The lowest BCUT2D eigenvalue weighted by Gasteiger charge is -2.35. The van der Waals surface area contributed by atoms with Crippen molar-refractivity contribution >= 4 is 18.0 Å². The first kappa shape index (κ1) is 15.5. The predicted molar refractivity (Wildman–Crippen MR) is 67.5 cm³/mol. The molecule has 2 aliphatic heterocycles. The third-order valence-corrected chi connectivity index (χ3v) is 3.61. The van der Waals surface area contributed by atoms with Gasteiger partial charge in [0.05, 0.1) is 26.4 Å². The number of carboxylic acid groups (broad SMARTS) is 1. The van der Waals surface area contributed by atoms with Crippen LogP contribution in [-0.2, 0) is 19.1 Å². The summed E-state index contributed by atoms with van der Waals surface area (Å²) in [5.74, 6) is -1.73. The number of urea groups is 1. The molecule has 9 heteroatoms. The molecule has 0 radical (unpaired) electrons. The molecule has 0 aromatic heterocycles. The van der Waals surface area contributed by atoms with Gasteiger partial charge in [0.1, 0.15) is 6.04 Å². The number of morpholine rings is 1. The number of hydrogen-bond acceptors (Lipinski definition) is 6. The molecule has 0 spiro atoms. The molecule has 2 amide bonds. The molecule has 9 nitrogen and oxygen atoms in total. The molecule has 2 N–H and O–H groups in total. The van der Waals surface area contributed by atoms with Crippen LogP contribution >= 0.6 is 0 Å². The van der Waals surface area contributed by atoms with Crippen LogP contribution in [0.4, 0.5) is 4.79 Å². The average Bonchev–Trinajstić information content (AvgIpc) is 2.88. The topological polar surface area (TPSA) is 117 Å². The summed E-state index contributed by atoms with van der Waals surface area (Å²) in [5, 5.41) is 18.7. The number of aliphatic hydroxyl groups is 1. The summed E-state index contributed by atoms with van der Waals surface area (Å²) < 4.78 is 9.79. The van der Waals surface area contributed by atoms with Crippen molar-refractivity contribution in [3.8, 4) is 0 Å². The lowest BCUT2D eigenvalue weighted by molar-refractivity contribution is -0.158. The smallest absolute Gasteiger partial charge is 0.336 e. The van der Waals surface area contributed by atoms with E-state index in [-0.39, 0.29) is 32.7 Å². The molecule has 2 rings (SSSR count). The number of nitrogens with zero attached hydrogens (tertiary/aromatic N) is 2. The second kappa shape index (κ2) is 6.27. The zero-order valence-electron chi connectivity index (χ0n) is 11.6. The van der Waals surface area contributed by atoms with Gasteiger partial charge in [-0.1, -0.05) is 0 Å². The number of methoxy groups -OCH3 is 1. The molecular formula is C12H18N2O7. The fraction of sp³-hybridized carbons (Fsp3) is 0.750. The molecule has 0 bridgehead atoms. The molecule has 118 valence electrons. The minimum Gasteiger partial charge on any atom is -0.480 e. The summed E-state index contributed by atoms with van der Waals surface area (Å²) >= 11 is 0. The number of likely N-dealkylation sites (tertiary alicyclic amines) is 1. The first-order valence-corrected chi connectivity index (χ1v) is 6.60. The van der Waals surface area contributed by atoms with Gasteiger partial charge in [-0.2, -0.15) is 0 Å². The standard InChI is InChI=1S/C12H18N2O7/c1-20-11(18)9-6-13(2-3-21-9)12(19)14-5-7(15)4-8(14)10(16)17/h7-9,15H,2-6H2,1H3,(H,16,17)/t7-,8+,9?/m1/s1. The maximum Gasteiger partial charge on any atom is 0.336 e. The number of hydrogen-bond donors (Lipinski definition) is 2. The number of carboxylic acids is 1. The Morgan fingerprint density at radius 3 is 2.62 bits per heavy atom. The van der Waals surface area contributed by atoms with E-state index in [4.69, 9.17) is 9.84 Å². The van der Waals surface area contributed by atoms with Gasteiger partial charge in [-0.3, -0.25) is 0 Å². The highest BCUT2D eigenvalue weighted by Crippen LogP contribution is 2.21. The molecule has 21 heavy (non-hydrogen) atoms. The average molecular weight is 302 g/mol. The van der Waals surface area contributed by atoms with Crippen LogP contribution in [0.5, 0.6) is 0 Å². The Bertz CT molecular complexity index is 441. The summed E-state index contributed by atoms with van der Waals surface area (Å²) in [6, 6.07) is -1.57. The van der Waals surface area contributed by atoms with Crippen LogP contribution in [0.15, 0.2) is 0 Å². The second-order valence-electron chi connectivity index (χ2n) is 5.01. The number of aliphatic hydroxyl groups excluding tert-OH is 1. The summed E-state index contributed by atoms with van der Waals surface area (Å²) in [5.41, 5.74) is 0. The van der Waals surface area contributed by atoms with Crippen molar-refractivity contribution in [3.63, 3.8) is 0 Å². The van der Waals surface area contributed by atoms with E-state index in [0.717, 1.165) is 4.90 Å². The molecule has 0 aromatic rings. The third kappa shape index (κ3) is 3.24. The van der Waals surface area contributed by atoms with Crippen molar-refractivity contribution in [1.29, 1.82) is 0 Å². The number of amides is 2. The van der Waals surface area contributed by atoms with Crippen LogP contribution < -0.4 is 0 Å². The molecular weight excluding hydrogens is 284 g/mol. The van der Waals surface area contributed by atoms with Gasteiger partial charge < -0.3 is 29.5 Å². The van der Waals surface area contributed by atoms with Crippen LogP contribution in [0.3, 0.4) is 0 Å². The monoisotopic (exact) mass is 302 g/mol. The number of carbonyl (C=O) groups excluding carboxylic acids is 2. The first-order chi connectivity index (χ1) is 9.93. The SMILES string of the molecule is COC(=O)C1CN(C(=O)N2C[C@H](O)C[C@H]2C(=O)O)CCO1. The maximum atomic E-state index is 12.4. The molecule has 3 atom stereocenters. The number of ether oxygens (including phenoxy) is 2. The quantitative estimate of drug-likeness (QED) is 0.596. The van der Waals surface area contributed by atoms with Gasteiger partial charge in [0.15, 0.2) is 6.10 Å². The Morgan fingerprint density at radius 2 is 2.00 bits per heavy atom. The van der Waals surface area contributed by atoms with Gasteiger partial charge in [-0.15, -0.1) is 0 Å². The van der Waals surface area contributed by atoms with E-state index in [2.05, 4.69) is 4.74 Å². The Balaban J connectivity index is 2.05. The lowest BCUT2D eigenvalue weighted by Crippen LogP contribution is -2.55. The van der Waals surface area contributed by atoms with Gasteiger partial charge in [0.2, 0.25) is 0 Å². The van der Waals surface area contributed by atoms with E-state index in [1.165, 1.54) is 12.0 Å². The van der Waals surface area contributed by atoms with Crippen LogP contribution in [0, 0.1) is 0 Å². The maximum absolute atomic E-state index is 12.4. The van der Waals surface area contributed by atoms with E-state index in [0.29, 0.717) is 0 Å². The number of β-amino-alcohol motifs (C(OH)–C–C–N with tert-alkyl or cyclic N) is 1. The predicted octanol–water partition coefficient (Wildman–Crippen LogP) is -1.50. The highest BCUT2D eigenvalue weighted by molar-refractivity contribution is 5.84. The zero-order valence-corrected chi connectivity index (χ0v) is 11.6. The van der Waals surface area contributed by atoms with Gasteiger partial charge in [0, 0.05) is 19.5 Å².